The summed E-state index contributed by atoms with van der Waals surface area (Å²) in [7, 11) is 1.31. The number of unbranched alkanes of at least 4 members (excludes halogenated alkanes) is 3. The first kappa shape index (κ1) is 16.5. The summed E-state index contributed by atoms with van der Waals surface area (Å²) in [5.41, 5.74) is 0. The van der Waals surface area contributed by atoms with E-state index in [0.29, 0.717) is 19.3 Å². The molecule has 0 radical (unpaired) electrons. The summed E-state index contributed by atoms with van der Waals surface area (Å²) >= 11 is 0. The fourth-order valence-electron chi connectivity index (χ4n) is 2.25. The Balaban J connectivity index is 2.44. The molecule has 0 saturated carbocycles. The van der Waals surface area contributed by atoms with Gasteiger partial charge in [-0.05, 0) is 12.8 Å². The van der Waals surface area contributed by atoms with Gasteiger partial charge in [0, 0.05) is 6.42 Å². The highest BCUT2D eigenvalue weighted by atomic mass is 16.5. The van der Waals surface area contributed by atoms with E-state index in [1.165, 1.54) is 7.11 Å². The largest absolute Gasteiger partial charge is 0.467 e. The third-order valence-corrected chi connectivity index (χ3v) is 3.46. The summed E-state index contributed by atoms with van der Waals surface area (Å²) in [6, 6.07) is -1.15. The Morgan fingerprint density at radius 1 is 1.40 bits per heavy atom. The van der Waals surface area contributed by atoms with Gasteiger partial charge in [0.2, 0.25) is 11.8 Å². The van der Waals surface area contributed by atoms with Crippen molar-refractivity contribution in [3.63, 3.8) is 0 Å². The number of hydrogen-bond acceptors (Lipinski definition) is 4. The normalized spacial score (nSPS) is 19.3. The molecule has 1 aliphatic rings. The maximum absolute atomic E-state index is 12.0. The number of ether oxygens (including phenoxy) is 1. The van der Waals surface area contributed by atoms with Gasteiger partial charge in [-0.25, -0.2) is 4.79 Å². The lowest BCUT2D eigenvalue weighted by Crippen LogP contribution is -2.49. The Labute approximate surface area is 119 Å². The van der Waals surface area contributed by atoms with Crippen LogP contribution in [0.5, 0.6) is 0 Å². The Morgan fingerprint density at radius 3 is 2.70 bits per heavy atom. The van der Waals surface area contributed by atoms with Gasteiger partial charge >= 0.3 is 5.97 Å². The van der Waals surface area contributed by atoms with Gasteiger partial charge in [-0.3, -0.25) is 9.59 Å². The monoisotopic (exact) mass is 284 g/mol. The van der Waals surface area contributed by atoms with Gasteiger partial charge in [0.05, 0.1) is 7.11 Å². The predicted molar refractivity (Wildman–Crippen MR) is 73.9 cm³/mol. The smallest absolute Gasteiger partial charge is 0.328 e. The second-order valence-corrected chi connectivity index (χ2v) is 5.09. The molecule has 1 aliphatic heterocycles. The number of carbonyl (C=O) groups is 3. The van der Waals surface area contributed by atoms with Gasteiger partial charge in [-0.1, -0.05) is 32.6 Å². The Bertz CT molecular complexity index is 357. The average Bonchev–Trinajstić information content (AvgIpc) is 2.88. The molecule has 6 nitrogen and oxygen atoms in total. The van der Waals surface area contributed by atoms with E-state index in [1.807, 2.05) is 0 Å². The zero-order valence-electron chi connectivity index (χ0n) is 12.2. The molecule has 0 aromatic carbocycles. The summed E-state index contributed by atoms with van der Waals surface area (Å²) in [6.45, 7) is 2.11. The SMILES string of the molecule is CCCCCC[C@@H](NC(=O)[C@@H]1CCC(=O)N1)C(=O)OC. The number of hydrogen-bond donors (Lipinski definition) is 2. The van der Waals surface area contributed by atoms with Gasteiger partial charge in [-0.2, -0.15) is 0 Å². The van der Waals surface area contributed by atoms with Crippen LogP contribution in [0.3, 0.4) is 0 Å². The molecule has 1 saturated heterocycles. The second kappa shape index (κ2) is 8.55. The maximum Gasteiger partial charge on any atom is 0.328 e. The molecule has 6 heteroatoms. The van der Waals surface area contributed by atoms with E-state index in [2.05, 4.69) is 17.6 Å². The molecule has 0 aliphatic carbocycles. The lowest BCUT2D eigenvalue weighted by molar-refractivity contribution is -0.145. The minimum atomic E-state index is -0.623. The quantitative estimate of drug-likeness (QED) is 0.512. The molecule has 0 aromatic rings. The number of rotatable bonds is 8. The van der Waals surface area contributed by atoms with E-state index in [9.17, 15) is 14.4 Å². The molecule has 2 amide bonds. The van der Waals surface area contributed by atoms with Gasteiger partial charge in [0.1, 0.15) is 12.1 Å². The van der Waals surface area contributed by atoms with Crippen molar-refractivity contribution >= 4 is 17.8 Å². The second-order valence-electron chi connectivity index (χ2n) is 5.09. The first-order valence-electron chi connectivity index (χ1n) is 7.26. The van der Waals surface area contributed by atoms with Gasteiger partial charge in [0.15, 0.2) is 0 Å². The van der Waals surface area contributed by atoms with Crippen molar-refractivity contribution in [2.24, 2.45) is 0 Å². The first-order valence-corrected chi connectivity index (χ1v) is 7.26. The van der Waals surface area contributed by atoms with Crippen LogP contribution in [0.1, 0.15) is 51.9 Å². The third kappa shape index (κ3) is 5.19. The van der Waals surface area contributed by atoms with Gasteiger partial charge in [0.25, 0.3) is 0 Å². The molecule has 0 spiro atoms. The minimum Gasteiger partial charge on any atom is -0.467 e. The van der Waals surface area contributed by atoms with Gasteiger partial charge < -0.3 is 15.4 Å². The molecule has 0 aromatic heterocycles. The van der Waals surface area contributed by atoms with Crippen LogP contribution < -0.4 is 10.6 Å². The molecule has 114 valence electrons. The molecule has 1 rings (SSSR count). The Hall–Kier alpha value is -1.59. The lowest BCUT2D eigenvalue weighted by Gasteiger charge is -2.18. The Kier molecular flexibility index (Phi) is 7.04. The van der Waals surface area contributed by atoms with E-state index in [1.54, 1.807) is 0 Å². The number of methoxy groups -OCH3 is 1. The molecular weight excluding hydrogens is 260 g/mol. The van der Waals surface area contributed by atoms with Crippen molar-refractivity contribution in [2.45, 2.75) is 64.0 Å². The molecule has 1 heterocycles. The van der Waals surface area contributed by atoms with Gasteiger partial charge in [-0.15, -0.1) is 0 Å². The van der Waals surface area contributed by atoms with Crippen molar-refractivity contribution in [1.82, 2.24) is 10.6 Å². The van der Waals surface area contributed by atoms with Crippen LogP contribution in [0, 0.1) is 0 Å². The summed E-state index contributed by atoms with van der Waals surface area (Å²) in [6.07, 6.45) is 5.53. The van der Waals surface area contributed by atoms with Crippen LogP contribution in [0.2, 0.25) is 0 Å². The summed E-state index contributed by atoms with van der Waals surface area (Å²) < 4.78 is 4.71. The summed E-state index contributed by atoms with van der Waals surface area (Å²) in [4.78, 5) is 34.7. The summed E-state index contributed by atoms with van der Waals surface area (Å²) in [5.74, 6) is -0.858. The van der Waals surface area contributed by atoms with E-state index in [-0.39, 0.29) is 11.8 Å². The number of amides is 2. The molecule has 0 bridgehead atoms. The van der Waals surface area contributed by atoms with Crippen molar-refractivity contribution in [1.29, 1.82) is 0 Å². The van der Waals surface area contributed by atoms with Crippen LogP contribution in [0.25, 0.3) is 0 Å². The third-order valence-electron chi connectivity index (χ3n) is 3.46. The van der Waals surface area contributed by atoms with Crippen LogP contribution in [-0.2, 0) is 19.1 Å². The molecule has 20 heavy (non-hydrogen) atoms. The molecule has 2 atom stereocenters. The highest BCUT2D eigenvalue weighted by Crippen LogP contribution is 2.10. The van der Waals surface area contributed by atoms with Crippen LogP contribution in [0.4, 0.5) is 0 Å². The summed E-state index contributed by atoms with van der Waals surface area (Å²) in [5, 5.41) is 5.27. The Morgan fingerprint density at radius 2 is 2.15 bits per heavy atom. The van der Waals surface area contributed by atoms with Crippen LogP contribution >= 0.6 is 0 Å². The zero-order chi connectivity index (χ0) is 15.0. The van der Waals surface area contributed by atoms with Crippen molar-refractivity contribution < 1.29 is 19.1 Å². The molecular formula is C14H24N2O4. The van der Waals surface area contributed by atoms with Crippen molar-refractivity contribution in [3.05, 3.63) is 0 Å². The number of nitrogens with one attached hydrogen (secondary N) is 2. The van der Waals surface area contributed by atoms with Crippen molar-refractivity contribution in [3.8, 4) is 0 Å². The average molecular weight is 284 g/mol. The topological polar surface area (TPSA) is 84.5 Å². The van der Waals surface area contributed by atoms with E-state index in [4.69, 9.17) is 4.74 Å². The van der Waals surface area contributed by atoms with E-state index in [0.717, 1.165) is 25.7 Å². The fourth-order valence-corrected chi connectivity index (χ4v) is 2.25. The zero-order valence-corrected chi connectivity index (χ0v) is 12.2. The van der Waals surface area contributed by atoms with Crippen LogP contribution in [0.15, 0.2) is 0 Å². The highest BCUT2D eigenvalue weighted by molar-refractivity contribution is 5.93. The fraction of sp³-hybridized carbons (Fsp3) is 0.786. The van der Waals surface area contributed by atoms with E-state index < -0.39 is 18.1 Å². The number of carbonyl (C=O) groups excluding carboxylic acids is 3. The first-order chi connectivity index (χ1) is 9.58. The molecule has 0 unspecified atom stereocenters. The highest BCUT2D eigenvalue weighted by Gasteiger charge is 2.30. The minimum absolute atomic E-state index is 0.122. The molecule has 1 fully saturated rings. The maximum atomic E-state index is 12.0. The number of esters is 1. The lowest BCUT2D eigenvalue weighted by atomic mass is 10.1. The molecule has 2 N–H and O–H groups in total. The predicted octanol–water partition coefficient (Wildman–Crippen LogP) is 0.893. The van der Waals surface area contributed by atoms with Crippen molar-refractivity contribution in [2.75, 3.05) is 7.11 Å². The van der Waals surface area contributed by atoms with E-state index >= 15 is 0 Å². The standard InChI is InChI=1S/C14H24N2O4/c1-3-4-5-6-7-11(14(19)20-2)16-13(18)10-8-9-12(17)15-10/h10-11H,3-9H2,1-2H3,(H,15,17)(H,16,18)/t10-,11+/m0/s1. The van der Waals surface area contributed by atoms with Crippen LogP contribution in [-0.4, -0.2) is 37.0 Å².